The molecule has 0 saturated heterocycles. The average Bonchev–Trinajstić information content (AvgIpc) is 3.27. The number of thioether (sulfide) groups is 1. The molecule has 0 spiro atoms. The van der Waals surface area contributed by atoms with Crippen LogP contribution in [-0.4, -0.2) is 30.1 Å². The van der Waals surface area contributed by atoms with Gasteiger partial charge < -0.3 is 10.6 Å². The number of rotatable bonds is 5. The van der Waals surface area contributed by atoms with Crippen LogP contribution in [0.15, 0.2) is 35.4 Å². The molecular formula is C14H17BN4S. The molecule has 1 fully saturated rings. The largest absolute Gasteiger partial charge is 0.368 e. The van der Waals surface area contributed by atoms with Crippen LogP contribution >= 0.6 is 11.8 Å². The summed E-state index contributed by atoms with van der Waals surface area (Å²) < 4.78 is 0. The van der Waals surface area contributed by atoms with Gasteiger partial charge in [0, 0.05) is 22.8 Å². The fourth-order valence-corrected chi connectivity index (χ4v) is 2.36. The van der Waals surface area contributed by atoms with Crippen LogP contribution in [0.1, 0.15) is 12.8 Å². The van der Waals surface area contributed by atoms with Crippen LogP contribution in [0.25, 0.3) is 0 Å². The van der Waals surface area contributed by atoms with Gasteiger partial charge in [0.1, 0.15) is 13.7 Å². The molecule has 1 heterocycles. The SMILES string of the molecule is Bc1cnc(Nc2cccc(SC)c2)nc1NC1CC1. The topological polar surface area (TPSA) is 49.8 Å². The molecule has 0 unspecified atom stereocenters. The van der Waals surface area contributed by atoms with Crippen molar-refractivity contribution in [3.05, 3.63) is 30.5 Å². The van der Waals surface area contributed by atoms with Crippen LogP contribution in [-0.2, 0) is 0 Å². The Morgan fingerprint density at radius 1 is 1.35 bits per heavy atom. The third kappa shape index (κ3) is 3.25. The number of benzene rings is 1. The fraction of sp³-hybridized carbons (Fsp3) is 0.286. The molecule has 0 radical (unpaired) electrons. The zero-order valence-corrected chi connectivity index (χ0v) is 12.5. The van der Waals surface area contributed by atoms with Crippen LogP contribution in [0, 0.1) is 0 Å². The molecule has 1 aliphatic carbocycles. The van der Waals surface area contributed by atoms with Gasteiger partial charge in [0.05, 0.1) is 0 Å². The predicted octanol–water partition coefficient (Wildman–Crippen LogP) is 1.77. The Kier molecular flexibility index (Phi) is 3.82. The highest BCUT2D eigenvalue weighted by molar-refractivity contribution is 7.98. The summed E-state index contributed by atoms with van der Waals surface area (Å²) in [6.07, 6.45) is 6.40. The summed E-state index contributed by atoms with van der Waals surface area (Å²) in [6, 6.07) is 8.84. The van der Waals surface area contributed by atoms with Gasteiger partial charge in [-0.3, -0.25) is 0 Å². The van der Waals surface area contributed by atoms with Gasteiger partial charge in [-0.25, -0.2) is 4.98 Å². The number of aromatic nitrogens is 2. The maximum Gasteiger partial charge on any atom is 0.229 e. The van der Waals surface area contributed by atoms with Crippen LogP contribution in [0.2, 0.25) is 0 Å². The van der Waals surface area contributed by atoms with Crippen molar-refractivity contribution in [2.45, 2.75) is 23.8 Å². The standard InChI is InChI=1S/C14H17BN4S/c1-20-11-4-2-3-10(7-11)18-14-16-8-12(15)13(19-14)17-9-5-6-9/h2-4,7-9H,5-6,15H2,1H3,(H2,16,17,18,19). The number of nitrogens with one attached hydrogen (secondary N) is 2. The van der Waals surface area contributed by atoms with Crippen molar-refractivity contribution in [3.8, 4) is 0 Å². The molecule has 1 saturated carbocycles. The summed E-state index contributed by atoms with van der Waals surface area (Å²) in [5.74, 6) is 1.57. The van der Waals surface area contributed by atoms with E-state index in [1.165, 1.54) is 17.7 Å². The molecular weight excluding hydrogens is 267 g/mol. The van der Waals surface area contributed by atoms with E-state index in [0.29, 0.717) is 12.0 Å². The highest BCUT2D eigenvalue weighted by Crippen LogP contribution is 2.24. The lowest BCUT2D eigenvalue weighted by molar-refractivity contribution is 1.09. The second-order valence-corrected chi connectivity index (χ2v) is 5.88. The Balaban J connectivity index is 1.78. The maximum absolute atomic E-state index is 4.56. The van der Waals surface area contributed by atoms with Crippen molar-refractivity contribution in [2.24, 2.45) is 0 Å². The van der Waals surface area contributed by atoms with Gasteiger partial charge in [-0.2, -0.15) is 4.98 Å². The molecule has 102 valence electrons. The van der Waals surface area contributed by atoms with E-state index >= 15 is 0 Å². The van der Waals surface area contributed by atoms with E-state index in [2.05, 4.69) is 39.0 Å². The molecule has 3 rings (SSSR count). The highest BCUT2D eigenvalue weighted by Gasteiger charge is 2.22. The minimum atomic E-state index is 0.594. The van der Waals surface area contributed by atoms with Crippen molar-refractivity contribution >= 4 is 42.5 Å². The molecule has 1 aromatic heterocycles. The van der Waals surface area contributed by atoms with E-state index < -0.39 is 0 Å². The molecule has 2 N–H and O–H groups in total. The highest BCUT2D eigenvalue weighted by atomic mass is 32.2. The Hall–Kier alpha value is -1.69. The Labute approximate surface area is 124 Å². The molecule has 0 amide bonds. The predicted molar refractivity (Wildman–Crippen MR) is 88.4 cm³/mol. The lowest BCUT2D eigenvalue weighted by atomic mass is 9.99. The van der Waals surface area contributed by atoms with Gasteiger partial charge in [-0.1, -0.05) is 6.07 Å². The Morgan fingerprint density at radius 3 is 2.95 bits per heavy atom. The summed E-state index contributed by atoms with van der Waals surface area (Å²) in [6.45, 7) is 0. The Bertz CT molecular complexity index is 616. The second-order valence-electron chi connectivity index (χ2n) is 5.00. The van der Waals surface area contributed by atoms with Gasteiger partial charge in [-0.05, 0) is 42.8 Å². The number of hydrogen-bond donors (Lipinski definition) is 2. The van der Waals surface area contributed by atoms with Crippen LogP contribution in [0.3, 0.4) is 0 Å². The number of hydrogen-bond acceptors (Lipinski definition) is 5. The zero-order chi connectivity index (χ0) is 13.9. The summed E-state index contributed by atoms with van der Waals surface area (Å²) in [7, 11) is 2.03. The second kappa shape index (κ2) is 5.75. The van der Waals surface area contributed by atoms with Gasteiger partial charge >= 0.3 is 0 Å². The first-order valence-electron chi connectivity index (χ1n) is 6.76. The normalized spacial score (nSPS) is 14.1. The Morgan fingerprint density at radius 2 is 2.20 bits per heavy atom. The molecule has 20 heavy (non-hydrogen) atoms. The molecule has 1 aliphatic rings. The number of anilines is 3. The summed E-state index contributed by atoms with van der Waals surface area (Å²) in [5, 5.41) is 6.70. The fourth-order valence-electron chi connectivity index (χ4n) is 1.90. The van der Waals surface area contributed by atoms with Gasteiger partial charge in [-0.15, -0.1) is 11.8 Å². The summed E-state index contributed by atoms with van der Waals surface area (Å²) >= 11 is 1.72. The van der Waals surface area contributed by atoms with Crippen molar-refractivity contribution in [1.29, 1.82) is 0 Å². The van der Waals surface area contributed by atoms with Gasteiger partial charge in [0.25, 0.3) is 0 Å². The third-order valence-electron chi connectivity index (χ3n) is 3.22. The molecule has 0 bridgehead atoms. The van der Waals surface area contributed by atoms with E-state index in [1.54, 1.807) is 11.8 Å². The first-order valence-corrected chi connectivity index (χ1v) is 7.98. The van der Waals surface area contributed by atoms with Crippen molar-refractivity contribution in [1.82, 2.24) is 9.97 Å². The quantitative estimate of drug-likeness (QED) is 0.647. The lowest BCUT2D eigenvalue weighted by Crippen LogP contribution is -2.17. The van der Waals surface area contributed by atoms with Crippen LogP contribution < -0.4 is 16.1 Å². The van der Waals surface area contributed by atoms with Crippen molar-refractivity contribution < 1.29 is 0 Å². The van der Waals surface area contributed by atoms with Crippen molar-refractivity contribution in [3.63, 3.8) is 0 Å². The van der Waals surface area contributed by atoms with E-state index in [9.17, 15) is 0 Å². The summed E-state index contributed by atoms with van der Waals surface area (Å²) in [5.41, 5.74) is 2.10. The molecule has 1 aromatic carbocycles. The molecule has 6 heteroatoms. The summed E-state index contributed by atoms with van der Waals surface area (Å²) in [4.78, 5) is 10.1. The number of nitrogens with zero attached hydrogens (tertiary/aromatic N) is 2. The van der Waals surface area contributed by atoms with Gasteiger partial charge in [0.15, 0.2) is 0 Å². The van der Waals surface area contributed by atoms with Gasteiger partial charge in [0.2, 0.25) is 5.95 Å². The zero-order valence-electron chi connectivity index (χ0n) is 11.7. The molecule has 2 aromatic rings. The smallest absolute Gasteiger partial charge is 0.229 e. The maximum atomic E-state index is 4.56. The monoisotopic (exact) mass is 284 g/mol. The van der Waals surface area contributed by atoms with E-state index in [1.807, 2.05) is 26.2 Å². The average molecular weight is 284 g/mol. The molecule has 0 atom stereocenters. The molecule has 0 aliphatic heterocycles. The first-order chi connectivity index (χ1) is 9.74. The van der Waals surface area contributed by atoms with E-state index in [0.717, 1.165) is 17.0 Å². The first kappa shape index (κ1) is 13.3. The van der Waals surface area contributed by atoms with Crippen molar-refractivity contribution in [2.75, 3.05) is 16.9 Å². The minimum absolute atomic E-state index is 0.594. The van der Waals surface area contributed by atoms with Crippen LogP contribution in [0.5, 0.6) is 0 Å². The van der Waals surface area contributed by atoms with E-state index in [4.69, 9.17) is 0 Å². The third-order valence-corrected chi connectivity index (χ3v) is 3.94. The minimum Gasteiger partial charge on any atom is -0.368 e. The molecule has 4 nitrogen and oxygen atoms in total. The lowest BCUT2D eigenvalue weighted by Gasteiger charge is -2.10. The van der Waals surface area contributed by atoms with Crippen LogP contribution in [0.4, 0.5) is 17.5 Å². The van der Waals surface area contributed by atoms with E-state index in [-0.39, 0.29) is 0 Å².